The summed E-state index contributed by atoms with van der Waals surface area (Å²) in [5.74, 6) is -7.28. The van der Waals surface area contributed by atoms with E-state index >= 15 is 0 Å². The molecule has 0 unspecified atom stereocenters. The van der Waals surface area contributed by atoms with Crippen molar-refractivity contribution in [3.8, 4) is 5.75 Å². The van der Waals surface area contributed by atoms with Gasteiger partial charge in [0.2, 0.25) is 41.4 Å². The SMILES string of the molecule is CSCC[C@H](NC(=O)[C@H](Cc1ccc(OS(=O)(=O)O)cc1)NC(=O)OCc1ccccc1)C(=O)NCC(=O)N[C@@H](Cc1c[nH]c2ccccc12)C(=O)N[C@@H](CCSC)C(=O)N[C@@H](CC(=O)N[C@@H](Cc1ccccc1)C(N)=O)C(=O)O. The molecule has 1 heterocycles. The Balaban J connectivity index is 1.29. The van der Waals surface area contributed by atoms with Crippen LogP contribution in [-0.4, -0.2) is 143 Å². The third kappa shape index (κ3) is 21.2. The molecule has 0 aliphatic carbocycles. The summed E-state index contributed by atoms with van der Waals surface area (Å²) in [5, 5.41) is 28.4. The van der Waals surface area contributed by atoms with E-state index in [4.69, 9.17) is 15.0 Å². The van der Waals surface area contributed by atoms with Gasteiger partial charge in [-0.2, -0.15) is 31.9 Å². The average molecular weight is 1160 g/mol. The number of hydrogen-bond donors (Lipinski definition) is 11. The van der Waals surface area contributed by atoms with Gasteiger partial charge in [-0.1, -0.05) is 91.0 Å². The summed E-state index contributed by atoms with van der Waals surface area (Å²) >= 11 is 2.68. The minimum atomic E-state index is -4.84. The molecule has 12 N–H and O–H groups in total. The number of carbonyl (C=O) groups is 9. The zero-order chi connectivity index (χ0) is 58.2. The molecule has 4 aromatic carbocycles. The summed E-state index contributed by atoms with van der Waals surface area (Å²) in [6.07, 6.45) is 3.07. The van der Waals surface area contributed by atoms with Crippen LogP contribution in [-0.2, 0) is 79.4 Å². The Morgan fingerprint density at radius 3 is 1.69 bits per heavy atom. The standard InChI is InChI=1S/C53H63N9O15S3/c1-78-23-21-39(59-50(68)42(62-53(72)76-31-34-13-7-4-8-14-34)26-33-17-19-36(20-18-33)77-80(73,74)75)48(66)56-30-46(64)58-43(27-35-29-55-38-16-10-9-15-37(35)38)51(69)60-40(22-24-79-2)49(67)61-44(52(70)71)28-45(63)57-41(47(54)65)25-32-11-5-3-6-12-32/h3-20,29,39-44,55H,21-28,30-31H2,1-2H3,(H2,54,65)(H,56,66)(H,57,63)(H,58,64)(H,59,68)(H,60,69)(H,61,67)(H,62,72)(H,70,71)(H,73,74,75)/t39-,40-,41-,42-,43-,44-/m0/s1. The molecule has 0 spiro atoms. The molecule has 6 atom stereocenters. The fourth-order valence-corrected chi connectivity index (χ4v) is 9.25. The monoisotopic (exact) mass is 1160 g/mol. The molecule has 8 amide bonds. The number of para-hydroxylation sites is 1. The molecular formula is C53H63N9O15S3. The highest BCUT2D eigenvalue weighted by Crippen LogP contribution is 2.20. The van der Waals surface area contributed by atoms with E-state index < -0.39 is 113 Å². The number of amides is 8. The summed E-state index contributed by atoms with van der Waals surface area (Å²) in [5.41, 5.74) is 8.55. The summed E-state index contributed by atoms with van der Waals surface area (Å²) in [6, 6.07) is 21.2. The fraction of sp³-hybridized carbons (Fsp3) is 0.340. The van der Waals surface area contributed by atoms with Gasteiger partial charge in [0.15, 0.2) is 0 Å². The van der Waals surface area contributed by atoms with Gasteiger partial charge in [0.05, 0.1) is 13.0 Å². The highest BCUT2D eigenvalue weighted by atomic mass is 32.3. The van der Waals surface area contributed by atoms with E-state index in [1.807, 2.05) is 0 Å². The number of fused-ring (bicyclic) bond motifs is 1. The Labute approximate surface area is 469 Å². The number of alkyl carbamates (subject to hydrolysis) is 1. The second-order valence-corrected chi connectivity index (χ2v) is 21.0. The van der Waals surface area contributed by atoms with E-state index in [9.17, 15) is 56.7 Å². The Bertz CT molecular complexity index is 3040. The van der Waals surface area contributed by atoms with Crippen LogP contribution in [0.25, 0.3) is 10.9 Å². The van der Waals surface area contributed by atoms with Gasteiger partial charge in [-0.3, -0.25) is 38.1 Å². The van der Waals surface area contributed by atoms with Crippen LogP contribution in [0.1, 0.15) is 41.5 Å². The molecule has 24 nitrogen and oxygen atoms in total. The van der Waals surface area contributed by atoms with E-state index in [0.717, 1.165) is 0 Å². The maximum Gasteiger partial charge on any atom is 0.446 e. The molecule has 0 saturated heterocycles. The quantitative estimate of drug-likeness (QED) is 0.0273. The molecule has 27 heteroatoms. The fourth-order valence-electron chi connectivity index (χ4n) is 7.96. The van der Waals surface area contributed by atoms with Crippen molar-refractivity contribution in [1.82, 2.24) is 42.2 Å². The predicted octanol–water partition coefficient (Wildman–Crippen LogP) is 1.68. The van der Waals surface area contributed by atoms with E-state index in [-0.39, 0.29) is 44.5 Å². The number of carboxylic acids is 1. The zero-order valence-corrected chi connectivity index (χ0v) is 46.0. The van der Waals surface area contributed by atoms with Gasteiger partial charge < -0.3 is 62.0 Å². The van der Waals surface area contributed by atoms with Crippen molar-refractivity contribution in [2.45, 2.75) is 81.4 Å². The van der Waals surface area contributed by atoms with Crippen LogP contribution in [0.3, 0.4) is 0 Å². The second-order valence-electron chi connectivity index (χ2n) is 18.0. The van der Waals surface area contributed by atoms with Crippen molar-refractivity contribution in [3.63, 3.8) is 0 Å². The molecule has 428 valence electrons. The van der Waals surface area contributed by atoms with Crippen molar-refractivity contribution in [2.24, 2.45) is 5.73 Å². The number of H-pyrrole nitrogens is 1. The molecule has 0 saturated carbocycles. The molecule has 0 radical (unpaired) electrons. The molecule has 5 rings (SSSR count). The smallest absolute Gasteiger partial charge is 0.446 e. The van der Waals surface area contributed by atoms with E-state index in [0.29, 0.717) is 44.7 Å². The Kier molecular flexibility index (Phi) is 24.6. The van der Waals surface area contributed by atoms with Crippen LogP contribution in [0.2, 0.25) is 0 Å². The van der Waals surface area contributed by atoms with Gasteiger partial charge >= 0.3 is 22.5 Å². The number of benzene rings is 4. The highest BCUT2D eigenvalue weighted by molar-refractivity contribution is 7.98. The zero-order valence-electron chi connectivity index (χ0n) is 43.5. The maximum absolute atomic E-state index is 14.3. The lowest BCUT2D eigenvalue weighted by molar-refractivity contribution is -0.144. The number of ether oxygens (including phenoxy) is 1. The number of rotatable bonds is 32. The van der Waals surface area contributed by atoms with Crippen molar-refractivity contribution in [1.29, 1.82) is 0 Å². The average Bonchev–Trinajstić information content (AvgIpc) is 3.87. The van der Waals surface area contributed by atoms with Crippen LogP contribution in [0.4, 0.5) is 4.79 Å². The second kappa shape index (κ2) is 31.5. The number of primary amides is 1. The number of nitrogens with one attached hydrogen (secondary N) is 8. The lowest BCUT2D eigenvalue weighted by Crippen LogP contribution is -2.58. The summed E-state index contributed by atoms with van der Waals surface area (Å²) in [4.78, 5) is 124. The first kappa shape index (κ1) is 62.7. The first-order chi connectivity index (χ1) is 38.2. The topological polar surface area (TPSA) is 373 Å². The molecule has 5 aromatic rings. The van der Waals surface area contributed by atoms with Crippen LogP contribution in [0, 0.1) is 0 Å². The number of aliphatic carboxylic acids is 1. The molecule has 0 aliphatic rings. The van der Waals surface area contributed by atoms with Crippen molar-refractivity contribution in [2.75, 3.05) is 30.6 Å². The lowest BCUT2D eigenvalue weighted by atomic mass is 10.0. The third-order valence-electron chi connectivity index (χ3n) is 12.0. The van der Waals surface area contributed by atoms with Crippen molar-refractivity contribution in [3.05, 3.63) is 138 Å². The van der Waals surface area contributed by atoms with Crippen molar-refractivity contribution >= 4 is 98.2 Å². The van der Waals surface area contributed by atoms with Crippen LogP contribution >= 0.6 is 23.5 Å². The van der Waals surface area contributed by atoms with E-state index in [1.54, 1.807) is 104 Å². The number of carboxylic acid groups (broad SMARTS) is 1. The number of nitrogens with two attached hydrogens (primary N) is 1. The van der Waals surface area contributed by atoms with Crippen LogP contribution in [0.15, 0.2) is 115 Å². The minimum Gasteiger partial charge on any atom is -0.480 e. The lowest BCUT2D eigenvalue weighted by Gasteiger charge is -2.25. The van der Waals surface area contributed by atoms with Gasteiger partial charge in [0, 0.05) is 36.4 Å². The third-order valence-corrected chi connectivity index (χ3v) is 13.7. The van der Waals surface area contributed by atoms with Gasteiger partial charge in [0.25, 0.3) is 0 Å². The number of thioether (sulfide) groups is 2. The Morgan fingerprint density at radius 1 is 0.588 bits per heavy atom. The predicted molar refractivity (Wildman–Crippen MR) is 298 cm³/mol. The van der Waals surface area contributed by atoms with E-state index in [2.05, 4.69) is 46.4 Å². The Hall–Kier alpha value is -8.14. The Morgan fingerprint density at radius 2 is 1.10 bits per heavy atom. The van der Waals surface area contributed by atoms with Crippen LogP contribution < -0.4 is 47.1 Å². The number of aromatic amines is 1. The van der Waals surface area contributed by atoms with Gasteiger partial charge in [-0.15, -0.1) is 0 Å². The molecule has 0 fully saturated rings. The summed E-state index contributed by atoms with van der Waals surface area (Å²) in [6.45, 7) is -0.858. The van der Waals surface area contributed by atoms with Crippen LogP contribution in [0.5, 0.6) is 5.75 Å². The minimum absolute atomic E-state index is 0.0192. The maximum atomic E-state index is 14.3. The highest BCUT2D eigenvalue weighted by Gasteiger charge is 2.33. The number of carbonyl (C=O) groups excluding carboxylic acids is 8. The number of aromatic nitrogens is 1. The largest absolute Gasteiger partial charge is 0.480 e. The first-order valence-electron chi connectivity index (χ1n) is 24.8. The molecule has 0 bridgehead atoms. The first-order valence-corrected chi connectivity index (χ1v) is 29.0. The molecule has 0 aliphatic heterocycles. The molecular weight excluding hydrogens is 1100 g/mol. The van der Waals surface area contributed by atoms with Crippen molar-refractivity contribution < 1.29 is 70.1 Å². The summed E-state index contributed by atoms with van der Waals surface area (Å²) in [7, 11) is -4.84. The van der Waals surface area contributed by atoms with Gasteiger partial charge in [-0.05, 0) is 77.3 Å². The van der Waals surface area contributed by atoms with Gasteiger partial charge in [0.1, 0.15) is 48.6 Å². The summed E-state index contributed by atoms with van der Waals surface area (Å²) < 4.78 is 41.4. The normalized spacial score (nSPS) is 13.4. The molecule has 80 heavy (non-hydrogen) atoms. The van der Waals surface area contributed by atoms with E-state index in [1.165, 1.54) is 47.8 Å². The van der Waals surface area contributed by atoms with Gasteiger partial charge in [-0.25, -0.2) is 9.59 Å². The number of hydrogen-bond acceptors (Lipinski definition) is 15. The molecule has 1 aromatic heterocycles.